The maximum Gasteiger partial charge on any atom is 0.155 e. The van der Waals surface area contributed by atoms with E-state index in [2.05, 4.69) is 15.9 Å². The number of carbonyl (C=O) groups excluding carboxylic acids is 1. The Hall–Kier alpha value is -0.370. The molecule has 56 valence electrons. The molecule has 0 aromatic rings. The summed E-state index contributed by atoms with van der Waals surface area (Å²) in [6.45, 7) is 5.28. The van der Waals surface area contributed by atoms with E-state index < -0.39 is 0 Å². The molecule has 0 spiro atoms. The van der Waals surface area contributed by atoms with Crippen molar-refractivity contribution in [1.82, 2.24) is 0 Å². The molecule has 0 atom stereocenters. The maximum absolute atomic E-state index is 10.6. The summed E-state index contributed by atoms with van der Waals surface area (Å²) in [5.74, 6) is 0.116. The second kappa shape index (κ2) is 4.45. The minimum atomic E-state index is 0.116. The number of allylic oxidation sites excluding steroid dienone is 4. The van der Waals surface area contributed by atoms with E-state index in [1.165, 1.54) is 0 Å². The van der Waals surface area contributed by atoms with Crippen LogP contribution in [-0.2, 0) is 4.79 Å². The fraction of sp³-hybridized carbons (Fsp3) is 0.375. The van der Waals surface area contributed by atoms with Gasteiger partial charge < -0.3 is 0 Å². The van der Waals surface area contributed by atoms with Crippen molar-refractivity contribution in [2.45, 2.75) is 20.8 Å². The number of hydrogen-bond acceptors (Lipinski definition) is 1. The van der Waals surface area contributed by atoms with Crippen LogP contribution in [0.4, 0.5) is 0 Å². The van der Waals surface area contributed by atoms with Gasteiger partial charge in [-0.25, -0.2) is 0 Å². The second-order valence-electron chi connectivity index (χ2n) is 2.16. The molecule has 0 aliphatic heterocycles. The highest BCUT2D eigenvalue weighted by Crippen LogP contribution is 2.03. The van der Waals surface area contributed by atoms with E-state index in [1.54, 1.807) is 19.9 Å². The third-order valence-corrected chi connectivity index (χ3v) is 1.38. The Labute approximate surface area is 69.9 Å². The molecule has 1 nitrogen and oxygen atoms in total. The lowest BCUT2D eigenvalue weighted by atomic mass is 10.2. The Morgan fingerprint density at radius 2 is 1.70 bits per heavy atom. The van der Waals surface area contributed by atoms with Crippen LogP contribution in [0.25, 0.3) is 0 Å². The van der Waals surface area contributed by atoms with E-state index in [-0.39, 0.29) is 5.78 Å². The van der Waals surface area contributed by atoms with Crippen molar-refractivity contribution in [2.75, 3.05) is 0 Å². The second-order valence-corrected chi connectivity index (χ2v) is 3.41. The molecule has 0 fully saturated rings. The van der Waals surface area contributed by atoms with Crippen LogP contribution >= 0.6 is 15.9 Å². The summed E-state index contributed by atoms with van der Waals surface area (Å²) in [5.41, 5.74) is 0.777. The van der Waals surface area contributed by atoms with Gasteiger partial charge in [0.15, 0.2) is 5.78 Å². The lowest BCUT2D eigenvalue weighted by molar-refractivity contribution is -0.113. The minimum Gasteiger partial charge on any atom is -0.295 e. The lowest BCUT2D eigenvalue weighted by Gasteiger charge is -1.88. The van der Waals surface area contributed by atoms with E-state index in [0.717, 1.165) is 10.1 Å². The standard InChI is InChI=1S/C8H11BrO/c1-6(8(3)10)4-5-7(2)9/h4-5H,1-3H3/b6-4+,7-5+. The largest absolute Gasteiger partial charge is 0.295 e. The van der Waals surface area contributed by atoms with Gasteiger partial charge in [-0.15, -0.1) is 0 Å². The highest BCUT2D eigenvalue weighted by Gasteiger charge is 1.91. The quantitative estimate of drug-likeness (QED) is 0.498. The van der Waals surface area contributed by atoms with E-state index in [9.17, 15) is 4.79 Å². The molecule has 0 aliphatic carbocycles. The summed E-state index contributed by atoms with van der Waals surface area (Å²) in [6.07, 6.45) is 3.66. The molecule has 0 rings (SSSR count). The normalized spacial score (nSPS) is 13.6. The summed E-state index contributed by atoms with van der Waals surface area (Å²) >= 11 is 3.26. The smallest absolute Gasteiger partial charge is 0.155 e. The van der Waals surface area contributed by atoms with Gasteiger partial charge in [0.05, 0.1) is 0 Å². The van der Waals surface area contributed by atoms with Crippen molar-refractivity contribution < 1.29 is 4.79 Å². The van der Waals surface area contributed by atoms with E-state index in [0.29, 0.717) is 0 Å². The number of carbonyl (C=O) groups is 1. The molecule has 0 unspecified atom stereocenters. The Bertz CT molecular complexity index is 185. The predicted molar refractivity (Wildman–Crippen MR) is 47.1 cm³/mol. The Morgan fingerprint density at radius 3 is 2.00 bits per heavy atom. The van der Waals surface area contributed by atoms with E-state index in [4.69, 9.17) is 0 Å². The molecule has 0 aliphatic rings. The van der Waals surface area contributed by atoms with Crippen LogP contribution in [0.3, 0.4) is 0 Å². The molecule has 0 bridgehead atoms. The fourth-order valence-corrected chi connectivity index (χ4v) is 0.489. The summed E-state index contributed by atoms with van der Waals surface area (Å²) in [7, 11) is 0. The average molecular weight is 203 g/mol. The Morgan fingerprint density at radius 1 is 1.20 bits per heavy atom. The molecule has 0 radical (unpaired) electrons. The monoisotopic (exact) mass is 202 g/mol. The molecular weight excluding hydrogens is 192 g/mol. The summed E-state index contributed by atoms with van der Waals surface area (Å²) in [6, 6.07) is 0. The van der Waals surface area contributed by atoms with E-state index in [1.807, 2.05) is 13.0 Å². The highest BCUT2D eigenvalue weighted by atomic mass is 79.9. The first-order chi connectivity index (χ1) is 4.54. The molecule has 0 saturated heterocycles. The summed E-state index contributed by atoms with van der Waals surface area (Å²) in [4.78, 5) is 10.6. The van der Waals surface area contributed by atoms with Gasteiger partial charge in [0, 0.05) is 0 Å². The molecule has 0 N–H and O–H groups in total. The highest BCUT2D eigenvalue weighted by molar-refractivity contribution is 9.11. The Balaban J connectivity index is 4.19. The Kier molecular flexibility index (Phi) is 4.28. The number of hydrogen-bond donors (Lipinski definition) is 0. The zero-order valence-corrected chi connectivity index (χ0v) is 8.03. The number of ketones is 1. The van der Waals surface area contributed by atoms with Crippen LogP contribution in [0.1, 0.15) is 20.8 Å². The lowest BCUT2D eigenvalue weighted by Crippen LogP contribution is -1.89. The molecule has 0 saturated carbocycles. The number of halogens is 1. The van der Waals surface area contributed by atoms with Crippen LogP contribution in [0, 0.1) is 0 Å². The van der Waals surface area contributed by atoms with Gasteiger partial charge in [0.2, 0.25) is 0 Å². The van der Waals surface area contributed by atoms with Gasteiger partial charge in [0.25, 0.3) is 0 Å². The van der Waals surface area contributed by atoms with Gasteiger partial charge in [-0.05, 0) is 30.8 Å². The zero-order chi connectivity index (χ0) is 8.15. The van der Waals surface area contributed by atoms with Gasteiger partial charge in [-0.3, -0.25) is 4.79 Å². The molecule has 0 amide bonds. The van der Waals surface area contributed by atoms with E-state index >= 15 is 0 Å². The number of Topliss-reactive ketones (excluding diaryl/α,β-unsaturated/α-hetero) is 1. The van der Waals surface area contributed by atoms with Gasteiger partial charge in [-0.2, -0.15) is 0 Å². The van der Waals surface area contributed by atoms with Crippen molar-refractivity contribution in [3.05, 3.63) is 22.2 Å². The van der Waals surface area contributed by atoms with Gasteiger partial charge >= 0.3 is 0 Å². The first kappa shape index (κ1) is 9.63. The molecule has 0 aromatic heterocycles. The van der Waals surface area contributed by atoms with Crippen LogP contribution in [0.5, 0.6) is 0 Å². The molecule has 0 aromatic carbocycles. The van der Waals surface area contributed by atoms with Crippen LogP contribution in [0.2, 0.25) is 0 Å². The van der Waals surface area contributed by atoms with Crippen LogP contribution in [-0.4, -0.2) is 5.78 Å². The third kappa shape index (κ3) is 4.50. The average Bonchev–Trinajstić information content (AvgIpc) is 1.82. The minimum absolute atomic E-state index is 0.116. The van der Waals surface area contributed by atoms with Crippen molar-refractivity contribution in [3.63, 3.8) is 0 Å². The molecule has 10 heavy (non-hydrogen) atoms. The van der Waals surface area contributed by atoms with Crippen LogP contribution in [0.15, 0.2) is 22.2 Å². The predicted octanol–water partition coefficient (Wildman–Crippen LogP) is 2.82. The fourth-order valence-electron chi connectivity index (χ4n) is 0.357. The van der Waals surface area contributed by atoms with Crippen LogP contribution < -0.4 is 0 Å². The first-order valence-corrected chi connectivity index (χ1v) is 3.85. The van der Waals surface area contributed by atoms with Crippen molar-refractivity contribution in [2.24, 2.45) is 0 Å². The number of rotatable bonds is 2. The first-order valence-electron chi connectivity index (χ1n) is 3.05. The third-order valence-electron chi connectivity index (χ3n) is 1.12. The van der Waals surface area contributed by atoms with Gasteiger partial charge in [0.1, 0.15) is 0 Å². The molecule has 2 heteroatoms. The summed E-state index contributed by atoms with van der Waals surface area (Å²) in [5, 5.41) is 0. The SMILES string of the molecule is CC(=O)/C(C)=C/C=C(\C)Br. The zero-order valence-electron chi connectivity index (χ0n) is 6.44. The molecular formula is C8H11BrO. The van der Waals surface area contributed by atoms with Crippen molar-refractivity contribution in [3.8, 4) is 0 Å². The topological polar surface area (TPSA) is 17.1 Å². The van der Waals surface area contributed by atoms with Gasteiger partial charge in [-0.1, -0.05) is 28.1 Å². The molecule has 0 heterocycles. The summed E-state index contributed by atoms with van der Waals surface area (Å²) < 4.78 is 1.02. The van der Waals surface area contributed by atoms with Crippen molar-refractivity contribution in [1.29, 1.82) is 0 Å². The maximum atomic E-state index is 10.6. The van der Waals surface area contributed by atoms with Crippen molar-refractivity contribution >= 4 is 21.7 Å².